The first kappa shape index (κ1) is 18.5. The average Bonchev–Trinajstić information content (AvgIpc) is 2.95. The molecule has 1 saturated heterocycles. The molecule has 1 aromatic carbocycles. The quantitative estimate of drug-likeness (QED) is 0.703. The Bertz CT molecular complexity index is 978. The summed E-state index contributed by atoms with van der Waals surface area (Å²) in [6, 6.07) is 8.20. The SMILES string of the molecule is Cc1sc2nc(C(C)N3CCN(c4cccc(Cl)c4)CC3)nc(N)c2c1C. The summed E-state index contributed by atoms with van der Waals surface area (Å²) in [4.78, 5) is 16.5. The third-order valence-corrected chi connectivity index (χ3v) is 6.82. The van der Waals surface area contributed by atoms with E-state index in [1.54, 1.807) is 11.3 Å². The van der Waals surface area contributed by atoms with Gasteiger partial charge in [0, 0.05) is 41.8 Å². The summed E-state index contributed by atoms with van der Waals surface area (Å²) in [6.07, 6.45) is 0. The van der Waals surface area contributed by atoms with Crippen molar-refractivity contribution in [3.05, 3.63) is 45.6 Å². The van der Waals surface area contributed by atoms with Crippen LogP contribution in [0, 0.1) is 13.8 Å². The molecule has 0 bridgehead atoms. The van der Waals surface area contributed by atoms with Gasteiger partial charge >= 0.3 is 0 Å². The van der Waals surface area contributed by atoms with Gasteiger partial charge in [-0.15, -0.1) is 11.3 Å². The number of nitrogens with two attached hydrogens (primary N) is 1. The number of benzene rings is 1. The molecule has 0 radical (unpaired) electrons. The Balaban J connectivity index is 1.51. The molecule has 3 heterocycles. The first-order valence-electron chi connectivity index (χ1n) is 9.21. The summed E-state index contributed by atoms with van der Waals surface area (Å²) in [5, 5.41) is 1.79. The zero-order chi connectivity index (χ0) is 19.1. The third kappa shape index (κ3) is 3.49. The highest BCUT2D eigenvalue weighted by molar-refractivity contribution is 7.18. The maximum Gasteiger partial charge on any atom is 0.149 e. The van der Waals surface area contributed by atoms with Crippen LogP contribution in [-0.4, -0.2) is 41.0 Å². The molecule has 1 aliphatic rings. The van der Waals surface area contributed by atoms with Gasteiger partial charge in [-0.2, -0.15) is 0 Å². The number of piperazine rings is 1. The van der Waals surface area contributed by atoms with Gasteiger partial charge in [-0.05, 0) is 44.5 Å². The zero-order valence-electron chi connectivity index (χ0n) is 15.9. The van der Waals surface area contributed by atoms with Crippen LogP contribution in [0.5, 0.6) is 0 Å². The van der Waals surface area contributed by atoms with Crippen molar-refractivity contribution >= 4 is 44.7 Å². The Hall–Kier alpha value is -1.89. The normalized spacial score (nSPS) is 16.8. The number of aryl methyl sites for hydroxylation is 2. The summed E-state index contributed by atoms with van der Waals surface area (Å²) in [5.41, 5.74) is 8.64. The molecule has 2 N–H and O–H groups in total. The molecule has 0 aliphatic carbocycles. The lowest BCUT2D eigenvalue weighted by Crippen LogP contribution is -2.47. The lowest BCUT2D eigenvalue weighted by molar-refractivity contribution is 0.192. The predicted octanol–water partition coefficient (Wildman–Crippen LogP) is 4.43. The van der Waals surface area contributed by atoms with Crippen molar-refractivity contribution in [3.8, 4) is 0 Å². The number of halogens is 1. The van der Waals surface area contributed by atoms with E-state index in [-0.39, 0.29) is 6.04 Å². The van der Waals surface area contributed by atoms with Gasteiger partial charge in [0.1, 0.15) is 16.5 Å². The number of aromatic nitrogens is 2. The van der Waals surface area contributed by atoms with E-state index in [2.05, 4.69) is 41.6 Å². The van der Waals surface area contributed by atoms with Gasteiger partial charge in [-0.3, -0.25) is 4.90 Å². The molecule has 5 nitrogen and oxygen atoms in total. The van der Waals surface area contributed by atoms with Gasteiger partial charge in [0.25, 0.3) is 0 Å². The Kier molecular flexibility index (Phi) is 4.97. The van der Waals surface area contributed by atoms with Crippen LogP contribution >= 0.6 is 22.9 Å². The summed E-state index contributed by atoms with van der Waals surface area (Å²) in [6.45, 7) is 10.2. The maximum absolute atomic E-state index is 6.27. The highest BCUT2D eigenvalue weighted by Gasteiger charge is 2.25. The van der Waals surface area contributed by atoms with Gasteiger partial charge in [-0.1, -0.05) is 17.7 Å². The molecule has 7 heteroatoms. The fraction of sp³-hybridized carbons (Fsp3) is 0.400. The van der Waals surface area contributed by atoms with Gasteiger partial charge in [-0.25, -0.2) is 9.97 Å². The lowest BCUT2D eigenvalue weighted by atomic mass is 10.1. The fourth-order valence-electron chi connectivity index (χ4n) is 3.69. The van der Waals surface area contributed by atoms with Crippen LogP contribution in [0.1, 0.15) is 29.2 Å². The number of nitrogens with zero attached hydrogens (tertiary/aromatic N) is 4. The van der Waals surface area contributed by atoms with Crippen LogP contribution in [0.25, 0.3) is 10.2 Å². The van der Waals surface area contributed by atoms with Gasteiger partial charge < -0.3 is 10.6 Å². The van der Waals surface area contributed by atoms with Crippen LogP contribution in [-0.2, 0) is 0 Å². The topological polar surface area (TPSA) is 58.3 Å². The maximum atomic E-state index is 6.27. The van der Waals surface area contributed by atoms with Crippen molar-refractivity contribution in [1.82, 2.24) is 14.9 Å². The number of fused-ring (bicyclic) bond motifs is 1. The van der Waals surface area contributed by atoms with Crippen LogP contribution in [0.4, 0.5) is 11.5 Å². The van der Waals surface area contributed by atoms with Crippen LogP contribution in [0.15, 0.2) is 24.3 Å². The Morgan fingerprint density at radius 3 is 2.59 bits per heavy atom. The molecule has 4 rings (SSSR count). The van der Waals surface area contributed by atoms with E-state index >= 15 is 0 Å². The van der Waals surface area contributed by atoms with E-state index in [4.69, 9.17) is 22.3 Å². The largest absolute Gasteiger partial charge is 0.383 e. The number of anilines is 2. The Morgan fingerprint density at radius 1 is 1.15 bits per heavy atom. The summed E-state index contributed by atoms with van der Waals surface area (Å²) < 4.78 is 0. The van der Waals surface area contributed by atoms with Crippen molar-refractivity contribution in [3.63, 3.8) is 0 Å². The molecular formula is C20H24ClN5S. The van der Waals surface area contributed by atoms with E-state index in [0.717, 1.165) is 47.2 Å². The monoisotopic (exact) mass is 401 g/mol. The van der Waals surface area contributed by atoms with Gasteiger partial charge in [0.05, 0.1) is 11.4 Å². The average molecular weight is 402 g/mol. The van der Waals surface area contributed by atoms with Crippen molar-refractivity contribution in [2.24, 2.45) is 0 Å². The second-order valence-corrected chi connectivity index (χ2v) is 8.75. The van der Waals surface area contributed by atoms with Crippen LogP contribution in [0.3, 0.4) is 0 Å². The molecule has 1 unspecified atom stereocenters. The van der Waals surface area contributed by atoms with Crippen molar-refractivity contribution in [2.75, 3.05) is 36.8 Å². The molecule has 1 atom stereocenters. The van der Waals surface area contributed by atoms with E-state index in [1.807, 2.05) is 18.2 Å². The molecule has 0 spiro atoms. The van der Waals surface area contributed by atoms with Gasteiger partial charge in [0.2, 0.25) is 0 Å². The summed E-state index contributed by atoms with van der Waals surface area (Å²) in [7, 11) is 0. The smallest absolute Gasteiger partial charge is 0.149 e. The van der Waals surface area contributed by atoms with Crippen molar-refractivity contribution < 1.29 is 0 Å². The summed E-state index contributed by atoms with van der Waals surface area (Å²) in [5.74, 6) is 1.42. The standard InChI is InChI=1S/C20H24ClN5S/c1-12-14(3)27-20-17(12)18(22)23-19(24-20)13(2)25-7-9-26(10-8-25)16-6-4-5-15(21)11-16/h4-6,11,13H,7-10H2,1-3H3,(H2,22,23,24). The number of hydrogen-bond donors (Lipinski definition) is 1. The minimum atomic E-state index is 0.140. The molecule has 0 amide bonds. The molecule has 27 heavy (non-hydrogen) atoms. The minimum absolute atomic E-state index is 0.140. The van der Waals surface area contributed by atoms with E-state index in [0.29, 0.717) is 5.82 Å². The first-order valence-corrected chi connectivity index (χ1v) is 10.4. The molecule has 2 aromatic heterocycles. The first-order chi connectivity index (χ1) is 12.9. The van der Waals surface area contributed by atoms with Gasteiger partial charge in [0.15, 0.2) is 0 Å². The number of hydrogen-bond acceptors (Lipinski definition) is 6. The van der Waals surface area contributed by atoms with Crippen LogP contribution in [0.2, 0.25) is 5.02 Å². The molecule has 1 aliphatic heterocycles. The third-order valence-electron chi connectivity index (χ3n) is 5.48. The second kappa shape index (κ2) is 7.26. The van der Waals surface area contributed by atoms with E-state index in [9.17, 15) is 0 Å². The molecular weight excluding hydrogens is 378 g/mol. The molecule has 0 saturated carbocycles. The molecule has 3 aromatic rings. The highest BCUT2D eigenvalue weighted by atomic mass is 35.5. The number of rotatable bonds is 3. The van der Waals surface area contributed by atoms with E-state index in [1.165, 1.54) is 16.1 Å². The summed E-state index contributed by atoms with van der Waals surface area (Å²) >= 11 is 7.83. The Morgan fingerprint density at radius 2 is 1.89 bits per heavy atom. The molecule has 142 valence electrons. The predicted molar refractivity (Wildman–Crippen MR) is 115 cm³/mol. The fourth-order valence-corrected chi connectivity index (χ4v) is 4.92. The Labute approximate surface area is 168 Å². The lowest BCUT2D eigenvalue weighted by Gasteiger charge is -2.38. The minimum Gasteiger partial charge on any atom is -0.383 e. The molecule has 1 fully saturated rings. The van der Waals surface area contributed by atoms with Crippen molar-refractivity contribution in [2.45, 2.75) is 26.8 Å². The number of thiophene rings is 1. The van der Waals surface area contributed by atoms with Crippen molar-refractivity contribution in [1.29, 1.82) is 0 Å². The van der Waals surface area contributed by atoms with E-state index < -0.39 is 0 Å². The zero-order valence-corrected chi connectivity index (χ0v) is 17.4. The highest BCUT2D eigenvalue weighted by Crippen LogP contribution is 2.33. The number of nitrogen functional groups attached to an aromatic ring is 1. The van der Waals surface area contributed by atoms with Crippen LogP contribution < -0.4 is 10.6 Å². The second-order valence-electron chi connectivity index (χ2n) is 7.11.